The van der Waals surface area contributed by atoms with Gasteiger partial charge in [-0.1, -0.05) is 28.8 Å². The normalized spacial score (nSPS) is 15.2. The molecule has 0 spiro atoms. The van der Waals surface area contributed by atoms with Gasteiger partial charge >= 0.3 is 0 Å². The summed E-state index contributed by atoms with van der Waals surface area (Å²) < 4.78 is 27.3. The van der Waals surface area contributed by atoms with Crippen LogP contribution in [-0.2, 0) is 10.0 Å². The van der Waals surface area contributed by atoms with Crippen LogP contribution in [-0.4, -0.2) is 48.8 Å². The van der Waals surface area contributed by atoms with Crippen LogP contribution in [0.3, 0.4) is 0 Å². The predicted octanol–water partition coefficient (Wildman–Crippen LogP) is 4.50. The third-order valence-corrected chi connectivity index (χ3v) is 8.39. The van der Waals surface area contributed by atoms with Gasteiger partial charge in [-0.05, 0) is 38.1 Å². The maximum atomic E-state index is 13.0. The van der Waals surface area contributed by atoms with Crippen LogP contribution in [0, 0.1) is 24.0 Å². The highest BCUT2D eigenvalue weighted by molar-refractivity contribution is 7.89. The number of aromatic nitrogens is 1. The number of nitro benzene ring substituents is 1. The Morgan fingerprint density at radius 2 is 1.72 bits per heavy atom. The van der Waals surface area contributed by atoms with E-state index in [1.54, 1.807) is 0 Å². The van der Waals surface area contributed by atoms with Crippen molar-refractivity contribution in [3.8, 4) is 11.3 Å². The van der Waals surface area contributed by atoms with Crippen molar-refractivity contribution in [2.24, 2.45) is 0 Å². The molecule has 0 N–H and O–H groups in total. The van der Waals surface area contributed by atoms with Gasteiger partial charge < -0.3 is 4.90 Å². The van der Waals surface area contributed by atoms with Crippen molar-refractivity contribution < 1.29 is 13.3 Å². The highest BCUT2D eigenvalue weighted by atomic mass is 35.5. The summed E-state index contributed by atoms with van der Waals surface area (Å²) >= 11 is 7.35. The number of halogens is 1. The van der Waals surface area contributed by atoms with Gasteiger partial charge in [-0.25, -0.2) is 13.4 Å². The smallest absolute Gasteiger partial charge is 0.289 e. The fourth-order valence-corrected chi connectivity index (χ4v) is 6.24. The molecule has 0 aliphatic carbocycles. The number of piperazine rings is 1. The van der Waals surface area contributed by atoms with Crippen LogP contribution in [0.5, 0.6) is 0 Å². The van der Waals surface area contributed by atoms with Gasteiger partial charge in [0.1, 0.15) is 5.02 Å². The largest absolute Gasteiger partial charge is 0.345 e. The van der Waals surface area contributed by atoms with E-state index in [-0.39, 0.29) is 23.0 Å². The first-order chi connectivity index (χ1) is 15.1. The Balaban J connectivity index is 1.48. The third-order valence-electron chi connectivity index (χ3n) is 5.27. The average molecular weight is 493 g/mol. The molecule has 8 nitrogen and oxygen atoms in total. The summed E-state index contributed by atoms with van der Waals surface area (Å²) in [6, 6.07) is 9.87. The van der Waals surface area contributed by atoms with E-state index in [1.165, 1.54) is 38.9 Å². The number of sulfonamides is 1. The van der Waals surface area contributed by atoms with Gasteiger partial charge in [0, 0.05) is 43.2 Å². The Kier molecular flexibility index (Phi) is 6.22. The summed E-state index contributed by atoms with van der Waals surface area (Å²) in [5.41, 5.74) is 3.90. The van der Waals surface area contributed by atoms with Gasteiger partial charge in [-0.3, -0.25) is 10.1 Å². The van der Waals surface area contributed by atoms with Gasteiger partial charge in [-0.15, -0.1) is 11.3 Å². The van der Waals surface area contributed by atoms with Crippen molar-refractivity contribution in [1.82, 2.24) is 9.29 Å². The second kappa shape index (κ2) is 8.78. The molecular formula is C21H21ClN4O4S2. The van der Waals surface area contributed by atoms with Crippen LogP contribution >= 0.6 is 22.9 Å². The fourth-order valence-electron chi connectivity index (χ4n) is 3.73. The number of thiazole rings is 1. The van der Waals surface area contributed by atoms with Crippen LogP contribution in [0.1, 0.15) is 11.1 Å². The summed E-state index contributed by atoms with van der Waals surface area (Å²) in [5, 5.41) is 13.9. The summed E-state index contributed by atoms with van der Waals surface area (Å²) in [4.78, 5) is 17.1. The van der Waals surface area contributed by atoms with Crippen molar-refractivity contribution in [2.45, 2.75) is 18.7 Å². The molecule has 11 heteroatoms. The number of rotatable bonds is 5. The van der Waals surface area contributed by atoms with E-state index in [9.17, 15) is 18.5 Å². The van der Waals surface area contributed by atoms with Crippen molar-refractivity contribution >= 4 is 43.8 Å². The van der Waals surface area contributed by atoms with E-state index in [0.717, 1.165) is 22.5 Å². The van der Waals surface area contributed by atoms with Crippen molar-refractivity contribution in [1.29, 1.82) is 0 Å². The molecule has 0 unspecified atom stereocenters. The second-order valence-electron chi connectivity index (χ2n) is 7.65. The highest BCUT2D eigenvalue weighted by Gasteiger charge is 2.31. The van der Waals surface area contributed by atoms with Crippen LogP contribution < -0.4 is 4.90 Å². The molecule has 0 atom stereocenters. The number of benzene rings is 2. The van der Waals surface area contributed by atoms with Crippen LogP contribution in [0.25, 0.3) is 11.3 Å². The van der Waals surface area contributed by atoms with E-state index >= 15 is 0 Å². The number of anilines is 1. The van der Waals surface area contributed by atoms with E-state index < -0.39 is 20.6 Å². The molecular weight excluding hydrogens is 472 g/mol. The Labute approximate surface area is 195 Å². The molecule has 0 amide bonds. The van der Waals surface area contributed by atoms with Crippen molar-refractivity contribution in [3.05, 3.63) is 68.0 Å². The van der Waals surface area contributed by atoms with Crippen LogP contribution in [0.4, 0.5) is 10.8 Å². The molecule has 0 radical (unpaired) electrons. The van der Waals surface area contributed by atoms with Gasteiger partial charge in [0.2, 0.25) is 10.0 Å². The molecule has 2 heterocycles. The second-order valence-corrected chi connectivity index (χ2v) is 10.8. The van der Waals surface area contributed by atoms with Crippen LogP contribution in [0.15, 0.2) is 46.7 Å². The lowest BCUT2D eigenvalue weighted by atomic mass is 10.1. The summed E-state index contributed by atoms with van der Waals surface area (Å²) in [7, 11) is -3.86. The first-order valence-electron chi connectivity index (χ1n) is 9.88. The predicted molar refractivity (Wildman–Crippen MR) is 126 cm³/mol. The van der Waals surface area contributed by atoms with Gasteiger partial charge in [0.25, 0.3) is 5.69 Å². The average Bonchev–Trinajstić information content (AvgIpc) is 3.23. The number of aryl methyl sites for hydroxylation is 2. The minimum absolute atomic E-state index is 0.0952. The number of hydrogen-bond acceptors (Lipinski definition) is 7. The maximum Gasteiger partial charge on any atom is 0.289 e. The lowest BCUT2D eigenvalue weighted by Gasteiger charge is -2.33. The topological polar surface area (TPSA) is 96.7 Å². The first kappa shape index (κ1) is 22.7. The number of hydrogen-bond donors (Lipinski definition) is 0. The maximum absolute atomic E-state index is 13.0. The minimum Gasteiger partial charge on any atom is -0.345 e. The summed E-state index contributed by atoms with van der Waals surface area (Å²) in [6.45, 7) is 5.59. The first-order valence-corrected chi connectivity index (χ1v) is 12.6. The van der Waals surface area contributed by atoms with Gasteiger partial charge in [-0.2, -0.15) is 4.31 Å². The Morgan fingerprint density at radius 3 is 2.34 bits per heavy atom. The zero-order valence-electron chi connectivity index (χ0n) is 17.5. The van der Waals surface area contributed by atoms with E-state index in [2.05, 4.69) is 36.9 Å². The lowest BCUT2D eigenvalue weighted by Crippen LogP contribution is -2.48. The number of nitrogens with zero attached hydrogens (tertiary/aromatic N) is 4. The Hall–Kier alpha value is -2.53. The van der Waals surface area contributed by atoms with Crippen LogP contribution in [0.2, 0.25) is 5.02 Å². The molecule has 0 saturated carbocycles. The summed E-state index contributed by atoms with van der Waals surface area (Å²) in [6.07, 6.45) is 0. The van der Waals surface area contributed by atoms with Crippen molar-refractivity contribution in [3.63, 3.8) is 0 Å². The van der Waals surface area contributed by atoms with Gasteiger partial charge in [0.15, 0.2) is 5.13 Å². The lowest BCUT2D eigenvalue weighted by molar-refractivity contribution is -0.384. The molecule has 2 aromatic carbocycles. The fraction of sp³-hybridized carbons (Fsp3) is 0.286. The van der Waals surface area contributed by atoms with E-state index in [0.29, 0.717) is 13.1 Å². The molecule has 3 aromatic rings. The molecule has 1 aliphatic rings. The Morgan fingerprint density at radius 1 is 1.06 bits per heavy atom. The molecule has 1 fully saturated rings. The SMILES string of the molecule is Cc1cc(C)cc(-c2csc(N3CCN(S(=O)(=O)c4ccc(Cl)c([N+](=O)[O-])c4)CC3)n2)c1. The zero-order chi connectivity index (χ0) is 23.0. The minimum atomic E-state index is -3.86. The standard InChI is InChI=1S/C21H21ClN4O4S2/c1-14-9-15(2)11-16(10-14)19-13-31-21(23-19)24-5-7-25(8-6-24)32(29,30)17-3-4-18(22)20(12-17)26(27)28/h3-4,9-13H,5-8H2,1-2H3. The van der Waals surface area contributed by atoms with E-state index in [1.807, 2.05) is 5.38 Å². The summed E-state index contributed by atoms with van der Waals surface area (Å²) in [5.74, 6) is 0. The molecule has 1 aromatic heterocycles. The number of nitro groups is 1. The molecule has 32 heavy (non-hydrogen) atoms. The zero-order valence-corrected chi connectivity index (χ0v) is 19.9. The third kappa shape index (κ3) is 4.49. The molecule has 168 valence electrons. The highest BCUT2D eigenvalue weighted by Crippen LogP contribution is 2.31. The molecule has 0 bridgehead atoms. The molecule has 1 saturated heterocycles. The van der Waals surface area contributed by atoms with Crippen molar-refractivity contribution in [2.75, 3.05) is 31.1 Å². The van der Waals surface area contributed by atoms with E-state index in [4.69, 9.17) is 16.6 Å². The Bertz CT molecular complexity index is 1260. The monoisotopic (exact) mass is 492 g/mol. The quantitative estimate of drug-likeness (QED) is 0.384. The molecule has 4 rings (SSSR count). The van der Waals surface area contributed by atoms with Gasteiger partial charge in [0.05, 0.1) is 15.5 Å². The molecule has 1 aliphatic heterocycles.